The molecule has 1 aliphatic heterocycles. The average molecular weight is 282 g/mol. The van der Waals surface area contributed by atoms with Crippen LogP contribution in [0, 0.1) is 17.1 Å². The molecule has 106 valence electrons. The summed E-state index contributed by atoms with van der Waals surface area (Å²) in [5, 5.41) is 8.96. The van der Waals surface area contributed by atoms with Gasteiger partial charge >= 0.3 is 0 Å². The van der Waals surface area contributed by atoms with Gasteiger partial charge < -0.3 is 9.64 Å². The number of para-hydroxylation sites is 2. The van der Waals surface area contributed by atoms with Crippen LogP contribution in [0.3, 0.4) is 0 Å². The van der Waals surface area contributed by atoms with Crippen molar-refractivity contribution in [3.63, 3.8) is 0 Å². The summed E-state index contributed by atoms with van der Waals surface area (Å²) in [4.78, 5) is 2.10. The second kappa shape index (κ2) is 5.84. The van der Waals surface area contributed by atoms with E-state index in [1.807, 2.05) is 24.3 Å². The molecule has 3 nitrogen and oxygen atoms in total. The third kappa shape index (κ3) is 2.82. The smallest absolute Gasteiger partial charge is 0.142 e. The van der Waals surface area contributed by atoms with E-state index in [2.05, 4.69) is 11.0 Å². The minimum absolute atomic E-state index is 0.281. The van der Waals surface area contributed by atoms with Crippen molar-refractivity contribution in [2.45, 2.75) is 13.0 Å². The van der Waals surface area contributed by atoms with Crippen molar-refractivity contribution in [3.8, 4) is 11.8 Å². The van der Waals surface area contributed by atoms with Crippen molar-refractivity contribution in [2.75, 3.05) is 18.1 Å². The Kier molecular flexibility index (Phi) is 3.74. The van der Waals surface area contributed by atoms with Crippen LogP contribution in [0.4, 0.5) is 10.1 Å². The Bertz CT molecular complexity index is 693. The summed E-state index contributed by atoms with van der Waals surface area (Å²) in [6.45, 7) is 1.89. The van der Waals surface area contributed by atoms with Crippen LogP contribution >= 0.6 is 0 Å². The molecule has 0 amide bonds. The monoisotopic (exact) mass is 282 g/mol. The Morgan fingerprint density at radius 2 is 2.10 bits per heavy atom. The first-order valence-electron chi connectivity index (χ1n) is 6.93. The molecule has 0 N–H and O–H groups in total. The lowest BCUT2D eigenvalue weighted by atomic mass is 10.1. The van der Waals surface area contributed by atoms with E-state index in [4.69, 9.17) is 10.00 Å². The van der Waals surface area contributed by atoms with Gasteiger partial charge in [0.15, 0.2) is 0 Å². The second-order valence-corrected chi connectivity index (χ2v) is 5.01. The molecule has 4 heteroatoms. The van der Waals surface area contributed by atoms with Gasteiger partial charge in [-0.25, -0.2) is 4.39 Å². The molecular formula is C17H15FN2O. The molecule has 0 spiro atoms. The van der Waals surface area contributed by atoms with Crippen molar-refractivity contribution in [2.24, 2.45) is 0 Å². The normalized spacial score (nSPS) is 13.8. The Morgan fingerprint density at radius 1 is 1.24 bits per heavy atom. The van der Waals surface area contributed by atoms with Crippen LogP contribution in [-0.2, 0) is 6.54 Å². The number of fused-ring (bicyclic) bond motifs is 1. The van der Waals surface area contributed by atoms with Gasteiger partial charge in [0.25, 0.3) is 0 Å². The minimum Gasteiger partial charge on any atom is -0.491 e. The molecule has 2 aromatic carbocycles. The summed E-state index contributed by atoms with van der Waals surface area (Å²) in [5.41, 5.74) is 1.98. The van der Waals surface area contributed by atoms with Gasteiger partial charge in [0.05, 0.1) is 23.9 Å². The van der Waals surface area contributed by atoms with E-state index < -0.39 is 0 Å². The topological polar surface area (TPSA) is 36.3 Å². The molecule has 0 atom stereocenters. The van der Waals surface area contributed by atoms with Gasteiger partial charge in [0, 0.05) is 18.7 Å². The van der Waals surface area contributed by atoms with Crippen LogP contribution in [0.5, 0.6) is 5.75 Å². The number of nitriles is 1. The molecular weight excluding hydrogens is 267 g/mol. The van der Waals surface area contributed by atoms with Gasteiger partial charge in [0.1, 0.15) is 11.6 Å². The molecule has 2 aromatic rings. The molecule has 0 saturated carbocycles. The average Bonchev–Trinajstić information content (AvgIpc) is 2.72. The number of hydrogen-bond donors (Lipinski definition) is 0. The van der Waals surface area contributed by atoms with E-state index in [0.717, 1.165) is 24.4 Å². The fraction of sp³-hybridized carbons (Fsp3) is 0.235. The van der Waals surface area contributed by atoms with Crippen LogP contribution in [-0.4, -0.2) is 13.2 Å². The van der Waals surface area contributed by atoms with Crippen LogP contribution in [0.25, 0.3) is 0 Å². The lowest BCUT2D eigenvalue weighted by molar-refractivity contribution is 0.322. The van der Waals surface area contributed by atoms with E-state index >= 15 is 0 Å². The highest BCUT2D eigenvalue weighted by molar-refractivity contribution is 5.59. The minimum atomic E-state index is -0.281. The van der Waals surface area contributed by atoms with E-state index in [-0.39, 0.29) is 5.82 Å². The third-order valence-corrected chi connectivity index (χ3v) is 3.57. The van der Waals surface area contributed by atoms with Crippen LogP contribution in [0.15, 0.2) is 42.5 Å². The maximum Gasteiger partial charge on any atom is 0.142 e. The van der Waals surface area contributed by atoms with Crippen molar-refractivity contribution in [1.29, 1.82) is 5.26 Å². The summed E-state index contributed by atoms with van der Waals surface area (Å²) in [5.74, 6) is 0.545. The Morgan fingerprint density at radius 3 is 2.95 bits per heavy atom. The summed E-state index contributed by atoms with van der Waals surface area (Å²) >= 11 is 0. The highest BCUT2D eigenvalue weighted by atomic mass is 19.1. The molecule has 0 bridgehead atoms. The Balaban J connectivity index is 1.93. The molecule has 21 heavy (non-hydrogen) atoms. The molecule has 0 fully saturated rings. The van der Waals surface area contributed by atoms with Gasteiger partial charge in [-0.3, -0.25) is 0 Å². The lowest BCUT2D eigenvalue weighted by Gasteiger charge is -2.24. The predicted molar refractivity (Wildman–Crippen MR) is 78.7 cm³/mol. The van der Waals surface area contributed by atoms with Gasteiger partial charge in [-0.2, -0.15) is 5.26 Å². The predicted octanol–water partition coefficient (Wildman–Crippen LogP) is 3.49. The molecule has 0 radical (unpaired) electrons. The van der Waals surface area contributed by atoms with Crippen molar-refractivity contribution >= 4 is 5.69 Å². The van der Waals surface area contributed by atoms with Crippen molar-refractivity contribution < 1.29 is 9.13 Å². The summed E-state index contributed by atoms with van der Waals surface area (Å²) < 4.78 is 19.7. The summed E-state index contributed by atoms with van der Waals surface area (Å²) in [6.07, 6.45) is 0.883. The van der Waals surface area contributed by atoms with Crippen LogP contribution in [0.1, 0.15) is 17.5 Å². The van der Waals surface area contributed by atoms with Gasteiger partial charge in [0.2, 0.25) is 0 Å². The molecule has 0 aromatic heterocycles. The second-order valence-electron chi connectivity index (χ2n) is 5.01. The number of hydrogen-bond acceptors (Lipinski definition) is 3. The first kappa shape index (κ1) is 13.4. The summed E-state index contributed by atoms with van der Waals surface area (Å²) in [6, 6.07) is 14.3. The molecule has 0 aliphatic carbocycles. The molecule has 3 rings (SSSR count). The number of ether oxygens (including phenoxy) is 1. The zero-order valence-corrected chi connectivity index (χ0v) is 11.6. The van der Waals surface area contributed by atoms with Crippen LogP contribution in [0.2, 0.25) is 0 Å². The van der Waals surface area contributed by atoms with Gasteiger partial charge in [-0.05, 0) is 36.8 Å². The van der Waals surface area contributed by atoms with Gasteiger partial charge in [-0.15, -0.1) is 0 Å². The number of benzene rings is 2. The Labute approximate surface area is 123 Å². The maximum absolute atomic E-state index is 14.0. The van der Waals surface area contributed by atoms with Crippen molar-refractivity contribution in [3.05, 3.63) is 59.4 Å². The van der Waals surface area contributed by atoms with Crippen molar-refractivity contribution in [1.82, 2.24) is 0 Å². The number of halogens is 1. The number of anilines is 1. The zero-order valence-electron chi connectivity index (χ0n) is 11.6. The highest BCUT2D eigenvalue weighted by Crippen LogP contribution is 2.31. The first-order valence-corrected chi connectivity index (χ1v) is 6.93. The number of rotatable bonds is 2. The lowest BCUT2D eigenvalue weighted by Crippen LogP contribution is -2.23. The molecule has 0 saturated heterocycles. The first-order chi connectivity index (χ1) is 10.3. The SMILES string of the molecule is N#Cc1ccc(F)c(CN2CCCOc3ccccc32)c1. The standard InChI is InChI=1S/C17H15FN2O/c18-15-7-6-13(11-19)10-14(15)12-20-8-3-9-21-17-5-2-1-4-16(17)20/h1-2,4-7,10H,3,8-9,12H2. The largest absolute Gasteiger partial charge is 0.491 e. The van der Waals surface area contributed by atoms with E-state index in [9.17, 15) is 4.39 Å². The fourth-order valence-corrected chi connectivity index (χ4v) is 2.53. The highest BCUT2D eigenvalue weighted by Gasteiger charge is 2.17. The van der Waals surface area contributed by atoms with E-state index in [0.29, 0.717) is 24.3 Å². The molecule has 1 heterocycles. The Hall–Kier alpha value is -2.54. The number of nitrogens with zero attached hydrogens (tertiary/aromatic N) is 2. The van der Waals surface area contributed by atoms with Gasteiger partial charge in [-0.1, -0.05) is 12.1 Å². The maximum atomic E-state index is 14.0. The van der Waals surface area contributed by atoms with E-state index in [1.165, 1.54) is 12.1 Å². The summed E-state index contributed by atoms with van der Waals surface area (Å²) in [7, 11) is 0. The third-order valence-electron chi connectivity index (χ3n) is 3.57. The quantitative estimate of drug-likeness (QED) is 0.846. The zero-order chi connectivity index (χ0) is 14.7. The molecule has 1 aliphatic rings. The fourth-order valence-electron chi connectivity index (χ4n) is 2.53. The molecule has 0 unspecified atom stereocenters. The van der Waals surface area contributed by atoms with E-state index in [1.54, 1.807) is 6.07 Å². The van der Waals surface area contributed by atoms with Crippen LogP contribution < -0.4 is 9.64 Å².